The molecule has 0 spiro atoms. The smallest absolute Gasteiger partial charge is 0.340 e. The largest absolute Gasteiger partial charge is 0.489 e. The first kappa shape index (κ1) is 20.3. The lowest BCUT2D eigenvalue weighted by atomic mass is 10.1. The molecule has 0 unspecified atom stereocenters. The first-order chi connectivity index (χ1) is 13.0. The zero-order valence-corrected chi connectivity index (χ0v) is 16.0. The quantitative estimate of drug-likeness (QED) is 0.650. The molecule has 0 fully saturated rings. The Morgan fingerprint density at radius 1 is 1.00 bits per heavy atom. The van der Waals surface area contributed by atoms with Crippen LogP contribution in [0.15, 0.2) is 48.5 Å². The van der Waals surface area contributed by atoms with Gasteiger partial charge in [0.2, 0.25) is 5.91 Å². The molecule has 2 aromatic carbocycles. The molecule has 0 saturated carbocycles. The van der Waals surface area contributed by atoms with Crippen molar-refractivity contribution >= 4 is 23.3 Å². The maximum Gasteiger partial charge on any atom is 0.340 e. The molecular formula is C21H26N2O4. The Balaban J connectivity index is 1.92. The Morgan fingerprint density at radius 2 is 1.67 bits per heavy atom. The Morgan fingerprint density at radius 3 is 2.37 bits per heavy atom. The van der Waals surface area contributed by atoms with E-state index in [4.69, 9.17) is 9.47 Å². The number of esters is 1. The van der Waals surface area contributed by atoms with Crippen LogP contribution in [0.25, 0.3) is 0 Å². The van der Waals surface area contributed by atoms with Gasteiger partial charge in [-0.1, -0.05) is 24.3 Å². The van der Waals surface area contributed by atoms with Crippen LogP contribution in [0.2, 0.25) is 0 Å². The number of carbonyl (C=O) groups excluding carboxylic acids is 2. The monoisotopic (exact) mass is 370 g/mol. The second-order valence-corrected chi connectivity index (χ2v) is 6.15. The third kappa shape index (κ3) is 6.33. The molecule has 0 aliphatic carbocycles. The van der Waals surface area contributed by atoms with Gasteiger partial charge in [-0.25, -0.2) is 4.79 Å². The van der Waals surface area contributed by atoms with Gasteiger partial charge in [0.15, 0.2) is 0 Å². The summed E-state index contributed by atoms with van der Waals surface area (Å²) in [6, 6.07) is 14.4. The molecule has 0 atom stereocenters. The van der Waals surface area contributed by atoms with Gasteiger partial charge in [-0.15, -0.1) is 0 Å². The zero-order valence-electron chi connectivity index (χ0n) is 16.0. The van der Waals surface area contributed by atoms with E-state index >= 15 is 0 Å². The van der Waals surface area contributed by atoms with Gasteiger partial charge in [-0.2, -0.15) is 0 Å². The van der Waals surface area contributed by atoms with Crippen molar-refractivity contribution in [2.24, 2.45) is 0 Å². The summed E-state index contributed by atoms with van der Waals surface area (Å²) in [6.07, 6.45) is 0.261. The van der Waals surface area contributed by atoms with Gasteiger partial charge < -0.3 is 20.1 Å². The highest BCUT2D eigenvalue weighted by Gasteiger charge is 2.12. The van der Waals surface area contributed by atoms with Crippen molar-refractivity contribution in [3.05, 3.63) is 54.1 Å². The van der Waals surface area contributed by atoms with Gasteiger partial charge in [0.05, 0.1) is 24.0 Å². The van der Waals surface area contributed by atoms with E-state index in [2.05, 4.69) is 10.6 Å². The number of hydrogen-bond donors (Lipinski definition) is 2. The van der Waals surface area contributed by atoms with Gasteiger partial charge in [0.25, 0.3) is 0 Å². The van der Waals surface area contributed by atoms with Gasteiger partial charge in [-0.05, 0) is 45.0 Å². The van der Waals surface area contributed by atoms with Crippen LogP contribution < -0.4 is 15.4 Å². The molecule has 6 nitrogen and oxygen atoms in total. The van der Waals surface area contributed by atoms with Gasteiger partial charge in [0, 0.05) is 18.7 Å². The molecule has 1 amide bonds. The summed E-state index contributed by atoms with van der Waals surface area (Å²) >= 11 is 0. The number of carbonyl (C=O) groups is 2. The predicted molar refractivity (Wildman–Crippen MR) is 106 cm³/mol. The van der Waals surface area contributed by atoms with Crippen LogP contribution in [0.5, 0.6) is 5.75 Å². The van der Waals surface area contributed by atoms with Crippen LogP contribution >= 0.6 is 0 Å². The fraction of sp³-hybridized carbons (Fsp3) is 0.333. The fourth-order valence-corrected chi connectivity index (χ4v) is 2.47. The SMILES string of the molecule is CCOC(=O)c1ccccc1NCCC(=O)Nc1ccccc1OC(C)C. The molecule has 0 bridgehead atoms. The molecule has 6 heteroatoms. The highest BCUT2D eigenvalue weighted by Crippen LogP contribution is 2.25. The number of para-hydroxylation sites is 3. The van der Waals surface area contributed by atoms with Crippen LogP contribution in [0, 0.1) is 0 Å². The maximum atomic E-state index is 12.3. The summed E-state index contributed by atoms with van der Waals surface area (Å²) in [5.74, 6) is 0.113. The minimum atomic E-state index is -0.384. The summed E-state index contributed by atoms with van der Waals surface area (Å²) in [6.45, 7) is 6.33. The minimum Gasteiger partial charge on any atom is -0.489 e. The molecule has 27 heavy (non-hydrogen) atoms. The highest BCUT2D eigenvalue weighted by molar-refractivity contribution is 5.96. The summed E-state index contributed by atoms with van der Waals surface area (Å²) in [4.78, 5) is 24.2. The topological polar surface area (TPSA) is 76.7 Å². The van der Waals surface area contributed by atoms with Crippen molar-refractivity contribution in [1.82, 2.24) is 0 Å². The third-order valence-corrected chi connectivity index (χ3v) is 3.61. The summed E-state index contributed by atoms with van der Waals surface area (Å²) < 4.78 is 10.8. The third-order valence-electron chi connectivity index (χ3n) is 3.61. The van der Waals surface area contributed by atoms with Crippen molar-refractivity contribution < 1.29 is 19.1 Å². The Kier molecular flexibility index (Phi) is 7.67. The van der Waals surface area contributed by atoms with Crippen LogP contribution in [-0.2, 0) is 9.53 Å². The fourth-order valence-electron chi connectivity index (χ4n) is 2.47. The van der Waals surface area contributed by atoms with Crippen molar-refractivity contribution in [1.29, 1.82) is 0 Å². The lowest BCUT2D eigenvalue weighted by Gasteiger charge is -2.15. The molecule has 0 aromatic heterocycles. The second kappa shape index (κ2) is 10.2. The number of benzene rings is 2. The van der Waals surface area contributed by atoms with E-state index in [0.717, 1.165) is 0 Å². The molecule has 2 N–H and O–H groups in total. The molecule has 144 valence electrons. The average Bonchev–Trinajstić information content (AvgIpc) is 2.63. The minimum absolute atomic E-state index is 0.0177. The molecule has 2 rings (SSSR count). The number of anilines is 2. The molecule has 0 heterocycles. The Bertz CT molecular complexity index is 774. The Hall–Kier alpha value is -3.02. The van der Waals surface area contributed by atoms with Crippen molar-refractivity contribution in [3.63, 3.8) is 0 Å². The Labute approximate surface area is 159 Å². The van der Waals surface area contributed by atoms with E-state index < -0.39 is 0 Å². The summed E-state index contributed by atoms with van der Waals surface area (Å²) in [5.41, 5.74) is 1.74. The van der Waals surface area contributed by atoms with E-state index in [1.54, 1.807) is 31.2 Å². The molecule has 0 radical (unpaired) electrons. The normalized spacial score (nSPS) is 10.4. The van der Waals surface area contributed by atoms with Crippen LogP contribution in [0.1, 0.15) is 37.6 Å². The van der Waals surface area contributed by atoms with E-state index in [1.165, 1.54) is 0 Å². The van der Waals surface area contributed by atoms with Crippen LogP contribution in [0.3, 0.4) is 0 Å². The standard InChI is InChI=1S/C21H26N2O4/c1-4-26-21(25)16-9-5-6-10-17(16)22-14-13-20(24)23-18-11-7-8-12-19(18)27-15(2)3/h5-12,15,22H,4,13-14H2,1-3H3,(H,23,24). The van der Waals surface area contributed by atoms with Crippen molar-refractivity contribution in [3.8, 4) is 5.75 Å². The van der Waals surface area contributed by atoms with Crippen LogP contribution in [-0.4, -0.2) is 31.1 Å². The van der Waals surface area contributed by atoms with E-state index in [-0.39, 0.29) is 24.4 Å². The molecule has 0 aliphatic heterocycles. The number of rotatable bonds is 9. The first-order valence-electron chi connectivity index (χ1n) is 9.06. The average molecular weight is 370 g/mol. The lowest BCUT2D eigenvalue weighted by Crippen LogP contribution is -2.18. The number of hydrogen-bond acceptors (Lipinski definition) is 5. The highest BCUT2D eigenvalue weighted by atomic mass is 16.5. The molecular weight excluding hydrogens is 344 g/mol. The van der Waals surface area contributed by atoms with Crippen LogP contribution in [0.4, 0.5) is 11.4 Å². The molecule has 0 saturated heterocycles. The molecule has 2 aromatic rings. The lowest BCUT2D eigenvalue weighted by molar-refractivity contribution is -0.116. The van der Waals surface area contributed by atoms with Gasteiger partial charge in [-0.3, -0.25) is 4.79 Å². The zero-order chi connectivity index (χ0) is 19.6. The van der Waals surface area contributed by atoms with Gasteiger partial charge >= 0.3 is 5.97 Å². The van der Waals surface area contributed by atoms with Crippen molar-refractivity contribution in [2.45, 2.75) is 33.3 Å². The van der Waals surface area contributed by atoms with Gasteiger partial charge in [0.1, 0.15) is 5.75 Å². The van der Waals surface area contributed by atoms with Crippen molar-refractivity contribution in [2.75, 3.05) is 23.8 Å². The number of ether oxygens (including phenoxy) is 2. The summed E-state index contributed by atoms with van der Waals surface area (Å²) in [7, 11) is 0. The number of nitrogens with one attached hydrogen (secondary N) is 2. The predicted octanol–water partition coefficient (Wildman–Crippen LogP) is 4.09. The molecule has 0 aliphatic rings. The van der Waals surface area contributed by atoms with E-state index in [0.29, 0.717) is 35.8 Å². The second-order valence-electron chi connectivity index (χ2n) is 6.15. The summed E-state index contributed by atoms with van der Waals surface area (Å²) in [5, 5.41) is 5.99. The van der Waals surface area contributed by atoms with E-state index in [1.807, 2.05) is 38.1 Å². The number of amides is 1. The van der Waals surface area contributed by atoms with E-state index in [9.17, 15) is 9.59 Å². The maximum absolute atomic E-state index is 12.3. The first-order valence-corrected chi connectivity index (χ1v) is 9.06.